The fraction of sp³-hybridized carbons (Fsp3) is 0.562. The summed E-state index contributed by atoms with van der Waals surface area (Å²) in [5.74, 6) is 0.667. The largest absolute Gasteiger partial charge is 0.392 e. The van der Waals surface area contributed by atoms with Gasteiger partial charge in [-0.2, -0.15) is 0 Å². The molecule has 2 N–H and O–H groups in total. The lowest BCUT2D eigenvalue weighted by atomic mass is 9.82. The van der Waals surface area contributed by atoms with Crippen LogP contribution in [0.1, 0.15) is 42.7 Å². The number of hydrogen-bond donors (Lipinski definition) is 1. The first-order chi connectivity index (χ1) is 9.25. The topological polar surface area (TPSA) is 29.3 Å². The molecule has 1 aromatic carbocycles. The molecule has 1 fully saturated rings. The number of rotatable bonds is 3. The summed E-state index contributed by atoms with van der Waals surface area (Å²) >= 11 is 5.21. The van der Waals surface area contributed by atoms with Gasteiger partial charge in [0.05, 0.1) is 11.0 Å². The van der Waals surface area contributed by atoms with Crippen LogP contribution in [0.15, 0.2) is 24.3 Å². The van der Waals surface area contributed by atoms with Crippen LogP contribution >= 0.6 is 12.2 Å². The molecule has 1 saturated heterocycles. The van der Waals surface area contributed by atoms with E-state index in [0.717, 1.165) is 19.5 Å². The molecule has 102 valence electrons. The van der Waals surface area contributed by atoms with Gasteiger partial charge in [0.25, 0.3) is 0 Å². The molecular weight excluding hydrogens is 252 g/mol. The summed E-state index contributed by atoms with van der Waals surface area (Å²) in [4.78, 5) is 3.19. The molecule has 0 spiro atoms. The molecule has 1 aromatic rings. The third-order valence-corrected chi connectivity index (χ3v) is 4.91. The van der Waals surface area contributed by atoms with Gasteiger partial charge in [-0.15, -0.1) is 0 Å². The number of hydrogen-bond acceptors (Lipinski definition) is 2. The van der Waals surface area contributed by atoms with E-state index in [0.29, 0.717) is 16.9 Å². The van der Waals surface area contributed by atoms with Crippen LogP contribution in [0.2, 0.25) is 0 Å². The number of likely N-dealkylation sites (tertiary alicyclic amines) is 1. The predicted octanol–water partition coefficient (Wildman–Crippen LogP) is 2.86. The molecule has 1 aliphatic heterocycles. The molecule has 0 aromatic heterocycles. The number of benzene rings is 1. The van der Waals surface area contributed by atoms with Crippen LogP contribution in [0.4, 0.5) is 0 Å². The lowest BCUT2D eigenvalue weighted by molar-refractivity contribution is 0.271. The molecule has 19 heavy (non-hydrogen) atoms. The van der Waals surface area contributed by atoms with E-state index in [1.807, 2.05) is 0 Å². The Labute approximate surface area is 121 Å². The van der Waals surface area contributed by atoms with E-state index < -0.39 is 0 Å². The van der Waals surface area contributed by atoms with Crippen molar-refractivity contribution in [3.63, 3.8) is 0 Å². The van der Waals surface area contributed by atoms with E-state index in [-0.39, 0.29) is 0 Å². The first-order valence-corrected chi connectivity index (χ1v) is 7.77. The summed E-state index contributed by atoms with van der Waals surface area (Å²) in [6.45, 7) is 2.28. The van der Waals surface area contributed by atoms with Crippen molar-refractivity contribution in [2.24, 2.45) is 5.73 Å². The van der Waals surface area contributed by atoms with E-state index in [1.54, 1.807) is 11.1 Å². The van der Waals surface area contributed by atoms with Crippen molar-refractivity contribution < 1.29 is 0 Å². The monoisotopic (exact) mass is 274 g/mol. The van der Waals surface area contributed by atoms with E-state index in [9.17, 15) is 0 Å². The van der Waals surface area contributed by atoms with E-state index >= 15 is 0 Å². The summed E-state index contributed by atoms with van der Waals surface area (Å²) < 4.78 is 0. The molecule has 1 aliphatic carbocycles. The molecule has 0 bridgehead atoms. The minimum Gasteiger partial charge on any atom is -0.392 e. The molecule has 2 unspecified atom stereocenters. The Hall–Kier alpha value is -0.930. The van der Waals surface area contributed by atoms with Crippen LogP contribution in [-0.4, -0.2) is 29.0 Å². The SMILES string of the molecule is NC(=S)C1CCCN1CC1CCCc2ccccc21. The third-order valence-electron chi connectivity index (χ3n) is 4.64. The lowest BCUT2D eigenvalue weighted by Gasteiger charge is -2.32. The number of fused-ring (bicyclic) bond motifs is 1. The standard InChI is InChI=1S/C16H22N2S/c17-16(19)15-9-4-10-18(15)11-13-7-3-6-12-5-1-2-8-14(12)13/h1-2,5,8,13,15H,3-4,6-7,9-11H2,(H2,17,19). The van der Waals surface area contributed by atoms with Crippen molar-refractivity contribution in [1.82, 2.24) is 4.90 Å². The van der Waals surface area contributed by atoms with Crippen molar-refractivity contribution >= 4 is 17.2 Å². The number of nitrogens with zero attached hydrogens (tertiary/aromatic N) is 1. The Morgan fingerprint density at radius 1 is 1.26 bits per heavy atom. The second kappa shape index (κ2) is 5.59. The maximum Gasteiger partial charge on any atom is 0.0902 e. The van der Waals surface area contributed by atoms with Gasteiger partial charge in [-0.3, -0.25) is 4.90 Å². The van der Waals surface area contributed by atoms with Crippen LogP contribution in [0.3, 0.4) is 0 Å². The van der Waals surface area contributed by atoms with Crippen LogP contribution < -0.4 is 5.73 Å². The minimum atomic E-state index is 0.337. The van der Waals surface area contributed by atoms with Crippen LogP contribution in [-0.2, 0) is 6.42 Å². The van der Waals surface area contributed by atoms with E-state index in [4.69, 9.17) is 18.0 Å². The minimum absolute atomic E-state index is 0.337. The highest BCUT2D eigenvalue weighted by molar-refractivity contribution is 7.80. The predicted molar refractivity (Wildman–Crippen MR) is 83.5 cm³/mol. The van der Waals surface area contributed by atoms with Crippen LogP contribution in [0.25, 0.3) is 0 Å². The summed E-state index contributed by atoms with van der Waals surface area (Å²) in [7, 11) is 0. The number of aryl methyl sites for hydroxylation is 1. The molecule has 0 saturated carbocycles. The van der Waals surface area contributed by atoms with Gasteiger partial charge in [-0.25, -0.2) is 0 Å². The second-order valence-corrected chi connectivity index (χ2v) is 6.31. The normalized spacial score (nSPS) is 27.2. The Morgan fingerprint density at radius 2 is 2.11 bits per heavy atom. The highest BCUT2D eigenvalue weighted by atomic mass is 32.1. The van der Waals surface area contributed by atoms with E-state index in [2.05, 4.69) is 29.2 Å². The fourth-order valence-corrected chi connectivity index (χ4v) is 3.96. The molecule has 2 atom stereocenters. The van der Waals surface area contributed by atoms with Crippen molar-refractivity contribution in [3.8, 4) is 0 Å². The van der Waals surface area contributed by atoms with Gasteiger partial charge >= 0.3 is 0 Å². The Morgan fingerprint density at radius 3 is 2.95 bits per heavy atom. The van der Waals surface area contributed by atoms with Crippen LogP contribution in [0.5, 0.6) is 0 Å². The highest BCUT2D eigenvalue weighted by Gasteiger charge is 2.30. The zero-order valence-corrected chi connectivity index (χ0v) is 12.2. The second-order valence-electron chi connectivity index (χ2n) is 5.84. The van der Waals surface area contributed by atoms with Gasteiger partial charge in [0.15, 0.2) is 0 Å². The number of thiocarbonyl (C=S) groups is 1. The zero-order chi connectivity index (χ0) is 13.2. The molecule has 3 heteroatoms. The summed E-state index contributed by atoms with van der Waals surface area (Å²) in [5, 5.41) is 0. The van der Waals surface area contributed by atoms with Gasteiger partial charge in [0.2, 0.25) is 0 Å². The van der Waals surface area contributed by atoms with Gasteiger partial charge < -0.3 is 5.73 Å². The van der Waals surface area contributed by atoms with Crippen molar-refractivity contribution in [2.45, 2.75) is 44.1 Å². The Kier molecular flexibility index (Phi) is 3.85. The Bertz CT molecular complexity index is 472. The third kappa shape index (κ3) is 2.67. The van der Waals surface area contributed by atoms with Gasteiger partial charge in [-0.1, -0.05) is 36.5 Å². The van der Waals surface area contributed by atoms with Crippen molar-refractivity contribution in [3.05, 3.63) is 35.4 Å². The van der Waals surface area contributed by atoms with E-state index in [1.165, 1.54) is 25.7 Å². The molecule has 1 heterocycles. The average molecular weight is 274 g/mol. The van der Waals surface area contributed by atoms with Gasteiger partial charge in [-0.05, 0) is 55.7 Å². The smallest absolute Gasteiger partial charge is 0.0902 e. The summed E-state index contributed by atoms with van der Waals surface area (Å²) in [6.07, 6.45) is 6.23. The summed E-state index contributed by atoms with van der Waals surface area (Å²) in [5.41, 5.74) is 8.98. The molecule has 3 rings (SSSR count). The fourth-order valence-electron chi connectivity index (χ4n) is 3.69. The lowest BCUT2D eigenvalue weighted by Crippen LogP contribution is -2.41. The zero-order valence-electron chi connectivity index (χ0n) is 11.3. The molecular formula is C16H22N2S. The van der Waals surface area contributed by atoms with Gasteiger partial charge in [0.1, 0.15) is 0 Å². The van der Waals surface area contributed by atoms with Crippen LogP contribution in [0, 0.1) is 0 Å². The molecule has 2 nitrogen and oxygen atoms in total. The van der Waals surface area contributed by atoms with Gasteiger partial charge in [0, 0.05) is 6.54 Å². The number of nitrogens with two attached hydrogens (primary N) is 1. The highest BCUT2D eigenvalue weighted by Crippen LogP contribution is 2.33. The molecule has 0 amide bonds. The Balaban J connectivity index is 1.76. The van der Waals surface area contributed by atoms with Crippen molar-refractivity contribution in [2.75, 3.05) is 13.1 Å². The first-order valence-electron chi connectivity index (χ1n) is 7.37. The first kappa shape index (κ1) is 13.1. The average Bonchev–Trinajstić information content (AvgIpc) is 2.87. The van der Waals surface area contributed by atoms with Crippen molar-refractivity contribution in [1.29, 1.82) is 0 Å². The maximum atomic E-state index is 5.88. The molecule has 2 aliphatic rings. The summed E-state index contributed by atoms with van der Waals surface area (Å²) in [6, 6.07) is 9.27. The molecule has 0 radical (unpaired) electrons. The maximum absolute atomic E-state index is 5.88. The quantitative estimate of drug-likeness (QED) is 0.859.